The first-order valence-corrected chi connectivity index (χ1v) is 9.81. The third-order valence-corrected chi connectivity index (χ3v) is 5.21. The molecule has 2 N–H and O–H groups in total. The molecule has 0 aliphatic carbocycles. The minimum absolute atomic E-state index is 0.159. The molecule has 3 heterocycles. The van der Waals surface area contributed by atoms with Crippen molar-refractivity contribution in [1.29, 1.82) is 0 Å². The number of fused-ring (bicyclic) bond motifs is 1. The van der Waals surface area contributed by atoms with Gasteiger partial charge in [0.1, 0.15) is 17.7 Å². The molecule has 8 nitrogen and oxygen atoms in total. The number of hydrogen-bond donors (Lipinski definition) is 2. The summed E-state index contributed by atoms with van der Waals surface area (Å²) in [5.74, 6) is -0.853. The minimum Gasteiger partial charge on any atom is -0.478 e. The zero-order valence-electron chi connectivity index (χ0n) is 17.6. The fraction of sp³-hybridized carbons (Fsp3) is 0.130. The normalized spacial score (nSPS) is 11.7. The van der Waals surface area contributed by atoms with E-state index in [-0.39, 0.29) is 11.4 Å². The zero-order chi connectivity index (χ0) is 22.8. The molecule has 3 aromatic heterocycles. The second-order valence-electron chi connectivity index (χ2n) is 7.28. The Balaban J connectivity index is 1.64. The van der Waals surface area contributed by atoms with Crippen molar-refractivity contribution in [3.8, 4) is 0 Å². The smallest absolute Gasteiger partial charge is 0.337 e. The molecule has 0 unspecified atom stereocenters. The van der Waals surface area contributed by atoms with Crippen LogP contribution in [0, 0.1) is 19.7 Å². The quantitative estimate of drug-likeness (QED) is 0.428. The van der Waals surface area contributed by atoms with E-state index in [2.05, 4.69) is 27.1 Å². The number of benzene rings is 1. The lowest BCUT2D eigenvalue weighted by atomic mass is 10.2. The maximum absolute atomic E-state index is 13.5. The Bertz CT molecular complexity index is 1370. The van der Waals surface area contributed by atoms with Crippen LogP contribution in [-0.2, 0) is 6.54 Å². The average Bonchev–Trinajstić information content (AvgIpc) is 3.28. The summed E-state index contributed by atoms with van der Waals surface area (Å²) < 4.78 is 16.8. The van der Waals surface area contributed by atoms with Crippen LogP contribution in [0.15, 0.2) is 61.3 Å². The van der Waals surface area contributed by atoms with Gasteiger partial charge in [0.2, 0.25) is 0 Å². The first-order chi connectivity index (χ1) is 15.4. The third-order valence-electron chi connectivity index (χ3n) is 5.21. The van der Waals surface area contributed by atoms with E-state index in [0.29, 0.717) is 29.1 Å². The SMILES string of the molecule is C=C/C(=C\c1cnn(Cc2cccc(F)c2)c1C)Nc1ncnn2cc(C(=O)O)c(C)c12. The Hall–Kier alpha value is -4.27. The van der Waals surface area contributed by atoms with Crippen LogP contribution in [0.2, 0.25) is 0 Å². The molecule has 0 spiro atoms. The zero-order valence-corrected chi connectivity index (χ0v) is 17.6. The number of carboxylic acid groups (broad SMARTS) is 1. The van der Waals surface area contributed by atoms with Crippen LogP contribution < -0.4 is 5.32 Å². The Morgan fingerprint density at radius 1 is 1.31 bits per heavy atom. The van der Waals surface area contributed by atoms with Gasteiger partial charge >= 0.3 is 5.97 Å². The van der Waals surface area contributed by atoms with Gasteiger partial charge in [-0.1, -0.05) is 18.7 Å². The molecule has 0 saturated heterocycles. The van der Waals surface area contributed by atoms with E-state index in [9.17, 15) is 14.3 Å². The molecule has 0 amide bonds. The van der Waals surface area contributed by atoms with Gasteiger partial charge in [0.05, 0.1) is 18.3 Å². The lowest BCUT2D eigenvalue weighted by Crippen LogP contribution is -2.05. The number of allylic oxidation sites excluding steroid dienone is 1. The number of aryl methyl sites for hydroxylation is 1. The van der Waals surface area contributed by atoms with E-state index in [1.165, 1.54) is 29.2 Å². The fourth-order valence-corrected chi connectivity index (χ4v) is 3.49. The highest BCUT2D eigenvalue weighted by Gasteiger charge is 2.17. The van der Waals surface area contributed by atoms with Crippen molar-refractivity contribution in [2.24, 2.45) is 0 Å². The van der Waals surface area contributed by atoms with Gasteiger partial charge in [-0.3, -0.25) is 4.68 Å². The fourth-order valence-electron chi connectivity index (χ4n) is 3.49. The number of hydrogen-bond acceptors (Lipinski definition) is 5. The van der Waals surface area contributed by atoms with E-state index in [0.717, 1.165) is 16.8 Å². The summed E-state index contributed by atoms with van der Waals surface area (Å²) in [5.41, 5.74) is 4.50. The van der Waals surface area contributed by atoms with E-state index < -0.39 is 5.97 Å². The number of nitrogens with one attached hydrogen (secondary N) is 1. The van der Waals surface area contributed by atoms with E-state index >= 15 is 0 Å². The van der Waals surface area contributed by atoms with Crippen LogP contribution in [0.4, 0.5) is 10.2 Å². The van der Waals surface area contributed by atoms with Gasteiger partial charge in [0.15, 0.2) is 5.82 Å². The first-order valence-electron chi connectivity index (χ1n) is 9.81. The molecule has 4 rings (SSSR count). The van der Waals surface area contributed by atoms with E-state index in [1.807, 2.05) is 19.1 Å². The Morgan fingerprint density at radius 3 is 2.84 bits per heavy atom. The van der Waals surface area contributed by atoms with Crippen molar-refractivity contribution in [2.45, 2.75) is 20.4 Å². The number of nitrogens with zero attached hydrogens (tertiary/aromatic N) is 5. The molecule has 32 heavy (non-hydrogen) atoms. The lowest BCUT2D eigenvalue weighted by molar-refractivity contribution is 0.0696. The van der Waals surface area contributed by atoms with Gasteiger partial charge in [-0.05, 0) is 49.3 Å². The summed E-state index contributed by atoms with van der Waals surface area (Å²) in [4.78, 5) is 15.8. The monoisotopic (exact) mass is 432 g/mol. The van der Waals surface area contributed by atoms with Gasteiger partial charge in [-0.25, -0.2) is 18.7 Å². The molecule has 0 radical (unpaired) electrons. The maximum Gasteiger partial charge on any atom is 0.337 e. The highest BCUT2D eigenvalue weighted by atomic mass is 19.1. The van der Waals surface area contributed by atoms with Crippen LogP contribution in [0.1, 0.15) is 32.7 Å². The van der Waals surface area contributed by atoms with Crippen LogP contribution in [0.5, 0.6) is 0 Å². The summed E-state index contributed by atoms with van der Waals surface area (Å²) in [6, 6.07) is 6.42. The maximum atomic E-state index is 13.5. The van der Waals surface area contributed by atoms with Crippen molar-refractivity contribution >= 4 is 23.4 Å². The predicted molar refractivity (Wildman–Crippen MR) is 119 cm³/mol. The number of halogens is 1. The topological polar surface area (TPSA) is 97.3 Å². The lowest BCUT2D eigenvalue weighted by Gasteiger charge is -2.09. The Labute approximate surface area is 183 Å². The van der Waals surface area contributed by atoms with Crippen LogP contribution in [-0.4, -0.2) is 35.5 Å². The number of aromatic carboxylic acids is 1. The molecule has 0 saturated carbocycles. The van der Waals surface area contributed by atoms with Gasteiger partial charge in [-0.2, -0.15) is 10.2 Å². The Morgan fingerprint density at radius 2 is 2.12 bits per heavy atom. The average molecular weight is 432 g/mol. The van der Waals surface area contributed by atoms with Crippen molar-refractivity contribution in [2.75, 3.05) is 5.32 Å². The van der Waals surface area contributed by atoms with Crippen molar-refractivity contribution < 1.29 is 14.3 Å². The molecule has 4 aromatic rings. The number of aromatic nitrogens is 5. The highest BCUT2D eigenvalue weighted by Crippen LogP contribution is 2.24. The van der Waals surface area contributed by atoms with Crippen LogP contribution in [0.3, 0.4) is 0 Å². The predicted octanol–water partition coefficient (Wildman–Crippen LogP) is 4.07. The third kappa shape index (κ3) is 4.00. The summed E-state index contributed by atoms with van der Waals surface area (Å²) in [7, 11) is 0. The molecule has 0 aliphatic rings. The molecule has 0 fully saturated rings. The molecule has 0 atom stereocenters. The molecule has 0 aliphatic heterocycles. The molecular formula is C23H21FN6O2. The van der Waals surface area contributed by atoms with Crippen molar-refractivity contribution in [3.63, 3.8) is 0 Å². The van der Waals surface area contributed by atoms with E-state index in [4.69, 9.17) is 0 Å². The summed E-state index contributed by atoms with van der Waals surface area (Å²) in [6.45, 7) is 7.95. The summed E-state index contributed by atoms with van der Waals surface area (Å²) in [6.07, 6.45) is 8.03. The molecule has 0 bridgehead atoms. The number of rotatable bonds is 7. The largest absolute Gasteiger partial charge is 0.478 e. The van der Waals surface area contributed by atoms with Crippen molar-refractivity contribution in [1.82, 2.24) is 24.4 Å². The summed E-state index contributed by atoms with van der Waals surface area (Å²) >= 11 is 0. The first kappa shape index (κ1) is 21.0. The van der Waals surface area contributed by atoms with Crippen LogP contribution >= 0.6 is 0 Å². The number of carboxylic acids is 1. The van der Waals surface area contributed by atoms with Gasteiger partial charge in [0.25, 0.3) is 0 Å². The molecule has 162 valence electrons. The van der Waals surface area contributed by atoms with Crippen LogP contribution in [0.25, 0.3) is 11.6 Å². The second kappa shape index (κ2) is 8.46. The number of carbonyl (C=O) groups is 1. The highest BCUT2D eigenvalue weighted by molar-refractivity contribution is 5.94. The summed E-state index contributed by atoms with van der Waals surface area (Å²) in [5, 5.41) is 21.1. The number of anilines is 1. The molecule has 9 heteroatoms. The van der Waals surface area contributed by atoms with E-state index in [1.54, 1.807) is 29.9 Å². The van der Waals surface area contributed by atoms with Crippen molar-refractivity contribution in [3.05, 3.63) is 95.1 Å². The minimum atomic E-state index is -1.03. The van der Waals surface area contributed by atoms with Gasteiger partial charge in [0, 0.05) is 23.2 Å². The molecular weight excluding hydrogens is 411 g/mol. The standard InChI is InChI=1S/C23H21FN6O2/c1-4-19(28-22-21-14(2)20(23(31)32)12-30(21)27-13-25-22)9-17-10-26-29(15(17)3)11-16-6-5-7-18(24)8-16/h4-10,12-13H,1,11H2,2-3H3,(H,31,32)(H,25,27,28)/b19-9+. The van der Waals surface area contributed by atoms with Gasteiger partial charge in [-0.15, -0.1) is 0 Å². The Kier molecular flexibility index (Phi) is 5.55. The molecule has 1 aromatic carbocycles. The van der Waals surface area contributed by atoms with Gasteiger partial charge < -0.3 is 10.4 Å². The second-order valence-corrected chi connectivity index (χ2v) is 7.28.